The van der Waals surface area contributed by atoms with Crippen LogP contribution in [0, 0.1) is 22.2 Å². The molecule has 3 fully saturated rings. The molecule has 8 heteroatoms. The van der Waals surface area contributed by atoms with Crippen molar-refractivity contribution in [2.45, 2.75) is 38.3 Å². The maximum atomic E-state index is 12.6. The predicted octanol–water partition coefficient (Wildman–Crippen LogP) is 1.36. The summed E-state index contributed by atoms with van der Waals surface area (Å²) in [5, 5.41) is 16.9. The van der Waals surface area contributed by atoms with Gasteiger partial charge in [0.05, 0.1) is 12.1 Å². The van der Waals surface area contributed by atoms with Crippen LogP contribution in [0.2, 0.25) is 0 Å². The summed E-state index contributed by atoms with van der Waals surface area (Å²) in [4.78, 5) is 31.0. The number of nitrogens with zero attached hydrogens (tertiary/aromatic N) is 5. The summed E-state index contributed by atoms with van der Waals surface area (Å²) in [5.41, 5.74) is 0.0139. The minimum Gasteiger partial charge on any atom is -0.348 e. The largest absolute Gasteiger partial charge is 0.348 e. The average Bonchev–Trinajstić information content (AvgIpc) is 3.21. The van der Waals surface area contributed by atoms with E-state index in [4.69, 9.17) is 0 Å². The van der Waals surface area contributed by atoms with Crippen molar-refractivity contribution in [3.8, 4) is 17.5 Å². The monoisotopic (exact) mass is 390 g/mol. The third kappa shape index (κ3) is 2.80. The van der Waals surface area contributed by atoms with Gasteiger partial charge in [0.25, 0.3) is 0 Å². The van der Waals surface area contributed by atoms with E-state index < -0.39 is 5.41 Å². The van der Waals surface area contributed by atoms with Gasteiger partial charge in [0.15, 0.2) is 5.82 Å². The Morgan fingerprint density at radius 3 is 2.62 bits per heavy atom. The van der Waals surface area contributed by atoms with Crippen LogP contribution in [0.5, 0.6) is 0 Å². The highest BCUT2D eigenvalue weighted by atomic mass is 16.2. The van der Waals surface area contributed by atoms with Crippen LogP contribution < -0.4 is 5.32 Å². The average molecular weight is 390 g/mol. The van der Waals surface area contributed by atoms with Gasteiger partial charge >= 0.3 is 0 Å². The molecule has 1 saturated heterocycles. The standard InChI is InChI=1S/C21H22N6O2/c22-13-21(12-20(21)7-4-8-20)19(29)24-16-9-26(10-16)17(28)11-27-14-23-18(25-27)15-5-2-1-3-6-15/h1-3,5-6,14,16H,4,7-12H2,(H,24,29). The van der Waals surface area contributed by atoms with Crippen LogP contribution in [0.25, 0.3) is 11.4 Å². The number of hydrogen-bond acceptors (Lipinski definition) is 5. The molecule has 1 aliphatic heterocycles. The number of likely N-dealkylation sites (tertiary alicyclic amines) is 1. The third-order valence-electron chi connectivity index (χ3n) is 6.71. The molecule has 2 aromatic rings. The smallest absolute Gasteiger partial charge is 0.244 e. The van der Waals surface area contributed by atoms with Crippen LogP contribution in [0.3, 0.4) is 0 Å². The number of carbonyl (C=O) groups is 2. The number of nitrogens with one attached hydrogen (secondary N) is 1. The highest BCUT2D eigenvalue weighted by molar-refractivity contribution is 5.91. The Morgan fingerprint density at radius 2 is 2.00 bits per heavy atom. The van der Waals surface area contributed by atoms with Crippen LogP contribution in [-0.4, -0.2) is 50.6 Å². The Morgan fingerprint density at radius 1 is 1.24 bits per heavy atom. The molecule has 1 aromatic heterocycles. The van der Waals surface area contributed by atoms with Crippen LogP contribution in [0.15, 0.2) is 36.7 Å². The van der Waals surface area contributed by atoms with Crippen molar-refractivity contribution < 1.29 is 9.59 Å². The van der Waals surface area contributed by atoms with Gasteiger partial charge in [-0.2, -0.15) is 10.4 Å². The van der Waals surface area contributed by atoms with E-state index in [0.29, 0.717) is 25.3 Å². The Hall–Kier alpha value is -3.21. The van der Waals surface area contributed by atoms with Crippen LogP contribution >= 0.6 is 0 Å². The molecule has 2 aliphatic carbocycles. The summed E-state index contributed by atoms with van der Waals surface area (Å²) < 4.78 is 1.53. The second-order valence-electron chi connectivity index (χ2n) is 8.43. The van der Waals surface area contributed by atoms with Gasteiger partial charge in [-0.3, -0.25) is 9.59 Å². The first-order valence-corrected chi connectivity index (χ1v) is 10.0. The Kier molecular flexibility index (Phi) is 3.95. The van der Waals surface area contributed by atoms with Crippen molar-refractivity contribution in [2.24, 2.45) is 10.8 Å². The molecule has 2 heterocycles. The van der Waals surface area contributed by atoms with E-state index in [0.717, 1.165) is 24.8 Å². The van der Waals surface area contributed by atoms with Gasteiger partial charge in [-0.25, -0.2) is 9.67 Å². The molecule has 8 nitrogen and oxygen atoms in total. The minimum atomic E-state index is -0.829. The van der Waals surface area contributed by atoms with Gasteiger partial charge in [0.1, 0.15) is 18.3 Å². The molecule has 1 unspecified atom stereocenters. The van der Waals surface area contributed by atoms with Crippen molar-refractivity contribution in [1.29, 1.82) is 5.26 Å². The molecular formula is C21H22N6O2. The fourth-order valence-corrected chi connectivity index (χ4v) is 4.61. The maximum absolute atomic E-state index is 12.6. The van der Waals surface area contributed by atoms with Crippen molar-refractivity contribution in [2.75, 3.05) is 13.1 Å². The number of aromatic nitrogens is 3. The van der Waals surface area contributed by atoms with Crippen molar-refractivity contribution in [3.63, 3.8) is 0 Å². The molecule has 5 rings (SSSR count). The lowest BCUT2D eigenvalue weighted by atomic mass is 9.75. The molecule has 2 amide bonds. The highest BCUT2D eigenvalue weighted by Gasteiger charge is 2.74. The summed E-state index contributed by atoms with van der Waals surface area (Å²) >= 11 is 0. The van der Waals surface area contributed by atoms with E-state index in [-0.39, 0.29) is 29.8 Å². The summed E-state index contributed by atoms with van der Waals surface area (Å²) in [7, 11) is 0. The molecule has 3 aliphatic rings. The van der Waals surface area contributed by atoms with Gasteiger partial charge in [-0.15, -0.1) is 0 Å². The molecule has 148 valence electrons. The second kappa shape index (κ2) is 6.41. The lowest BCUT2D eigenvalue weighted by molar-refractivity contribution is -0.139. The molecule has 2 saturated carbocycles. The van der Waals surface area contributed by atoms with E-state index in [1.165, 1.54) is 4.68 Å². The summed E-state index contributed by atoms with van der Waals surface area (Å²) in [6, 6.07) is 11.8. The van der Waals surface area contributed by atoms with Crippen molar-refractivity contribution in [1.82, 2.24) is 25.0 Å². The number of nitriles is 1. The molecule has 1 atom stereocenters. The minimum absolute atomic E-state index is 0.0584. The second-order valence-corrected chi connectivity index (χ2v) is 8.43. The van der Waals surface area contributed by atoms with E-state index >= 15 is 0 Å². The maximum Gasteiger partial charge on any atom is 0.244 e. The summed E-state index contributed by atoms with van der Waals surface area (Å²) in [6.07, 6.45) is 5.31. The fraction of sp³-hybridized carbons (Fsp3) is 0.476. The summed E-state index contributed by atoms with van der Waals surface area (Å²) in [5.74, 6) is 0.376. The van der Waals surface area contributed by atoms with Crippen LogP contribution in [-0.2, 0) is 16.1 Å². The Balaban J connectivity index is 1.12. The molecule has 1 spiro atoms. The molecule has 1 N–H and O–H groups in total. The molecule has 1 aromatic carbocycles. The van der Waals surface area contributed by atoms with E-state index in [1.54, 1.807) is 11.2 Å². The number of carbonyl (C=O) groups excluding carboxylic acids is 2. The molecule has 29 heavy (non-hydrogen) atoms. The lowest BCUT2D eigenvalue weighted by Crippen LogP contribution is -2.62. The zero-order valence-electron chi connectivity index (χ0n) is 16.0. The fourth-order valence-electron chi connectivity index (χ4n) is 4.61. The molecule has 0 bridgehead atoms. The van der Waals surface area contributed by atoms with Crippen LogP contribution in [0.1, 0.15) is 25.7 Å². The number of amides is 2. The van der Waals surface area contributed by atoms with Gasteiger partial charge in [-0.05, 0) is 19.3 Å². The Bertz CT molecular complexity index is 1000. The third-order valence-corrected chi connectivity index (χ3v) is 6.71. The zero-order chi connectivity index (χ0) is 20.1. The van der Waals surface area contributed by atoms with Gasteiger partial charge in [0, 0.05) is 24.1 Å². The van der Waals surface area contributed by atoms with E-state index in [9.17, 15) is 14.9 Å². The normalized spacial score (nSPS) is 24.3. The lowest BCUT2D eigenvalue weighted by Gasteiger charge is -2.40. The van der Waals surface area contributed by atoms with Crippen molar-refractivity contribution in [3.05, 3.63) is 36.7 Å². The quantitative estimate of drug-likeness (QED) is 0.830. The zero-order valence-corrected chi connectivity index (χ0v) is 16.0. The number of rotatable bonds is 5. The topological polar surface area (TPSA) is 104 Å². The molecular weight excluding hydrogens is 368 g/mol. The number of benzene rings is 1. The molecule has 0 radical (unpaired) electrons. The first-order chi connectivity index (χ1) is 14.1. The highest BCUT2D eigenvalue weighted by Crippen LogP contribution is 2.73. The summed E-state index contributed by atoms with van der Waals surface area (Å²) in [6.45, 7) is 1.06. The first kappa shape index (κ1) is 17.9. The first-order valence-electron chi connectivity index (χ1n) is 10.0. The SMILES string of the molecule is N#CC1(C(=O)NC2CN(C(=O)Cn3cnc(-c4ccccc4)n3)C2)CC12CCC2. The van der Waals surface area contributed by atoms with Crippen LogP contribution in [0.4, 0.5) is 0 Å². The van der Waals surface area contributed by atoms with Crippen molar-refractivity contribution >= 4 is 11.8 Å². The predicted molar refractivity (Wildman–Crippen MR) is 103 cm³/mol. The Labute approximate surface area is 168 Å². The number of hydrogen-bond donors (Lipinski definition) is 1. The van der Waals surface area contributed by atoms with Gasteiger partial charge in [0.2, 0.25) is 11.8 Å². The van der Waals surface area contributed by atoms with E-state index in [1.807, 2.05) is 30.3 Å². The van der Waals surface area contributed by atoms with E-state index in [2.05, 4.69) is 21.5 Å². The van der Waals surface area contributed by atoms with Gasteiger partial charge in [-0.1, -0.05) is 36.8 Å². The van der Waals surface area contributed by atoms with Gasteiger partial charge < -0.3 is 10.2 Å².